The predicted octanol–water partition coefficient (Wildman–Crippen LogP) is 3.32. The molecule has 0 aliphatic carbocycles. The molecule has 4 rings (SSSR count). The van der Waals surface area contributed by atoms with Crippen LogP contribution in [0.3, 0.4) is 0 Å². The Kier molecular flexibility index (Phi) is 6.55. The fourth-order valence-corrected chi connectivity index (χ4v) is 3.31. The molecule has 0 amide bonds. The number of Topliss-reactive ketones (excluding diaryl/α,β-unsaturated/α-hetero) is 1. The maximum Gasteiger partial charge on any atom is 0.336 e. The van der Waals surface area contributed by atoms with E-state index in [1.165, 1.54) is 37.7 Å². The molecule has 0 bridgehead atoms. The quantitative estimate of drug-likeness (QED) is 0.271. The van der Waals surface area contributed by atoms with Gasteiger partial charge in [-0.3, -0.25) is 4.79 Å². The number of hydrogen-bond acceptors (Lipinski definition) is 10. The molecular formula is C23H20N6O5. The van der Waals surface area contributed by atoms with Gasteiger partial charge in [-0.2, -0.15) is 4.98 Å². The molecule has 11 heteroatoms. The molecule has 0 aliphatic rings. The van der Waals surface area contributed by atoms with Crippen LogP contribution in [-0.2, 0) is 0 Å². The molecule has 0 saturated carbocycles. The van der Waals surface area contributed by atoms with Gasteiger partial charge in [0.05, 0.1) is 23.8 Å². The molecule has 0 saturated heterocycles. The maximum absolute atomic E-state index is 11.9. The third-order valence-corrected chi connectivity index (χ3v) is 4.96. The highest BCUT2D eigenvalue weighted by atomic mass is 16.4. The number of carboxylic acids is 1. The first-order chi connectivity index (χ1) is 16.5. The SMILES string of the molecule is CC(=O)c1cc(Nc2ncc(-c3nnco3)c(N[C@H](CO)c3ccccc3)n2)ccc1C(=O)O. The van der Waals surface area contributed by atoms with E-state index in [1.54, 1.807) is 0 Å². The average molecular weight is 460 g/mol. The molecule has 11 nitrogen and oxygen atoms in total. The minimum atomic E-state index is -1.20. The molecule has 2 aromatic heterocycles. The lowest BCUT2D eigenvalue weighted by Crippen LogP contribution is -2.17. The minimum Gasteiger partial charge on any atom is -0.478 e. The van der Waals surface area contributed by atoms with Crippen molar-refractivity contribution in [3.8, 4) is 11.5 Å². The minimum absolute atomic E-state index is 0.0581. The molecule has 1 atom stereocenters. The summed E-state index contributed by atoms with van der Waals surface area (Å²) in [6.45, 7) is 1.08. The van der Waals surface area contributed by atoms with Crippen LogP contribution >= 0.6 is 0 Å². The Labute approximate surface area is 193 Å². The summed E-state index contributed by atoms with van der Waals surface area (Å²) in [7, 11) is 0. The normalized spacial score (nSPS) is 11.6. The largest absolute Gasteiger partial charge is 0.478 e. The zero-order chi connectivity index (χ0) is 24.1. The van der Waals surface area contributed by atoms with E-state index in [4.69, 9.17) is 4.42 Å². The number of hydrogen-bond donors (Lipinski definition) is 4. The first kappa shape index (κ1) is 22.6. The highest BCUT2D eigenvalue weighted by Gasteiger charge is 2.19. The van der Waals surface area contributed by atoms with E-state index < -0.39 is 12.0 Å². The van der Waals surface area contributed by atoms with Crippen LogP contribution in [0.5, 0.6) is 0 Å². The molecule has 0 fully saturated rings. The van der Waals surface area contributed by atoms with Crippen molar-refractivity contribution in [1.82, 2.24) is 20.2 Å². The molecule has 34 heavy (non-hydrogen) atoms. The standard InChI is InChI=1S/C23H20N6O5/c1-13(31)17-9-15(7-8-16(17)22(32)33)26-23-24-10-18(21-29-25-12-34-21)20(28-23)27-19(11-30)14-5-3-2-4-6-14/h2-10,12,19,30H,11H2,1H3,(H,32,33)(H2,24,26,27,28)/t19-/m1/s1. The third-order valence-electron chi connectivity index (χ3n) is 4.96. The fraction of sp³-hybridized carbons (Fsp3) is 0.130. The summed E-state index contributed by atoms with van der Waals surface area (Å²) in [5.74, 6) is -0.917. The Hall–Kier alpha value is -4.64. The number of nitrogens with zero attached hydrogens (tertiary/aromatic N) is 4. The van der Waals surface area contributed by atoms with E-state index in [2.05, 4.69) is 30.8 Å². The van der Waals surface area contributed by atoms with Gasteiger partial charge < -0.3 is 25.3 Å². The van der Waals surface area contributed by atoms with Crippen molar-refractivity contribution in [2.24, 2.45) is 0 Å². The van der Waals surface area contributed by atoms with E-state index in [0.29, 0.717) is 17.1 Å². The summed E-state index contributed by atoms with van der Waals surface area (Å²) < 4.78 is 5.30. The smallest absolute Gasteiger partial charge is 0.336 e. The van der Waals surface area contributed by atoms with Crippen LogP contribution in [0.15, 0.2) is 65.5 Å². The maximum atomic E-state index is 11.9. The number of carbonyl (C=O) groups is 2. The van der Waals surface area contributed by atoms with E-state index in [0.717, 1.165) is 5.56 Å². The van der Waals surface area contributed by atoms with Crippen molar-refractivity contribution >= 4 is 29.2 Å². The monoisotopic (exact) mass is 460 g/mol. The Morgan fingerprint density at radius 3 is 2.56 bits per heavy atom. The lowest BCUT2D eigenvalue weighted by molar-refractivity contribution is 0.0692. The van der Waals surface area contributed by atoms with E-state index in [9.17, 15) is 19.8 Å². The number of aliphatic hydroxyl groups excluding tert-OH is 1. The van der Waals surface area contributed by atoms with E-state index in [-0.39, 0.29) is 35.4 Å². The van der Waals surface area contributed by atoms with Gasteiger partial charge in [0.15, 0.2) is 5.78 Å². The van der Waals surface area contributed by atoms with Crippen LogP contribution in [0.1, 0.15) is 39.2 Å². The van der Waals surface area contributed by atoms with Crippen molar-refractivity contribution in [3.63, 3.8) is 0 Å². The Morgan fingerprint density at radius 1 is 1.12 bits per heavy atom. The number of nitrogens with one attached hydrogen (secondary N) is 2. The number of benzene rings is 2. The van der Waals surface area contributed by atoms with Crippen molar-refractivity contribution in [2.75, 3.05) is 17.2 Å². The summed E-state index contributed by atoms with van der Waals surface area (Å²) in [5, 5.41) is 33.0. The van der Waals surface area contributed by atoms with E-state index >= 15 is 0 Å². The summed E-state index contributed by atoms with van der Waals surface area (Å²) in [6.07, 6.45) is 2.65. The Balaban J connectivity index is 1.69. The Morgan fingerprint density at radius 2 is 1.91 bits per heavy atom. The third kappa shape index (κ3) is 4.89. The summed E-state index contributed by atoms with van der Waals surface area (Å²) in [4.78, 5) is 32.1. The van der Waals surface area contributed by atoms with Gasteiger partial charge in [-0.1, -0.05) is 30.3 Å². The van der Waals surface area contributed by atoms with Gasteiger partial charge in [-0.05, 0) is 30.7 Å². The van der Waals surface area contributed by atoms with E-state index in [1.807, 2.05) is 30.3 Å². The highest BCUT2D eigenvalue weighted by Crippen LogP contribution is 2.29. The predicted molar refractivity (Wildman–Crippen MR) is 122 cm³/mol. The number of aromatic carboxylic acids is 1. The fourth-order valence-electron chi connectivity index (χ4n) is 3.31. The first-order valence-corrected chi connectivity index (χ1v) is 10.2. The van der Waals surface area contributed by atoms with Gasteiger partial charge in [0.1, 0.15) is 5.82 Å². The molecule has 0 spiro atoms. The summed E-state index contributed by atoms with van der Waals surface area (Å²) in [6, 6.07) is 13.1. The molecule has 172 valence electrons. The van der Waals surface area contributed by atoms with Crippen LogP contribution in [0.2, 0.25) is 0 Å². The molecule has 4 aromatic rings. The molecule has 2 heterocycles. The number of aliphatic hydroxyl groups is 1. The topological polar surface area (TPSA) is 163 Å². The van der Waals surface area contributed by atoms with Crippen molar-refractivity contribution < 1.29 is 24.2 Å². The number of anilines is 3. The molecule has 0 aliphatic heterocycles. The summed E-state index contributed by atoms with van der Waals surface area (Å²) >= 11 is 0. The zero-order valence-electron chi connectivity index (χ0n) is 18.0. The van der Waals surface area contributed by atoms with Crippen LogP contribution in [0.25, 0.3) is 11.5 Å². The van der Waals surface area contributed by atoms with Gasteiger partial charge in [-0.25, -0.2) is 9.78 Å². The molecular weight excluding hydrogens is 440 g/mol. The molecule has 2 aromatic carbocycles. The second kappa shape index (κ2) is 9.88. The lowest BCUT2D eigenvalue weighted by Gasteiger charge is -2.19. The number of carbonyl (C=O) groups excluding carboxylic acids is 1. The second-order valence-electron chi connectivity index (χ2n) is 7.24. The molecule has 0 radical (unpaired) electrons. The summed E-state index contributed by atoms with van der Waals surface area (Å²) in [5.41, 5.74) is 1.64. The highest BCUT2D eigenvalue weighted by molar-refractivity contribution is 6.05. The van der Waals surface area contributed by atoms with Gasteiger partial charge in [0.2, 0.25) is 12.3 Å². The van der Waals surface area contributed by atoms with Crippen molar-refractivity contribution in [2.45, 2.75) is 13.0 Å². The van der Waals surface area contributed by atoms with Gasteiger partial charge in [0, 0.05) is 17.4 Å². The van der Waals surface area contributed by atoms with Crippen molar-refractivity contribution in [3.05, 3.63) is 77.8 Å². The van der Waals surface area contributed by atoms with Gasteiger partial charge in [0.25, 0.3) is 5.89 Å². The zero-order valence-corrected chi connectivity index (χ0v) is 18.0. The Bertz CT molecular complexity index is 1310. The van der Waals surface area contributed by atoms with Crippen LogP contribution in [-0.4, -0.2) is 48.7 Å². The van der Waals surface area contributed by atoms with Crippen LogP contribution in [0.4, 0.5) is 17.5 Å². The number of rotatable bonds is 9. The lowest BCUT2D eigenvalue weighted by atomic mass is 10.0. The second-order valence-corrected chi connectivity index (χ2v) is 7.24. The van der Waals surface area contributed by atoms with Gasteiger partial charge in [-0.15, -0.1) is 10.2 Å². The number of carboxylic acid groups (broad SMARTS) is 1. The van der Waals surface area contributed by atoms with Gasteiger partial charge >= 0.3 is 5.97 Å². The molecule has 4 N–H and O–H groups in total. The van der Waals surface area contributed by atoms with Crippen LogP contribution in [0, 0.1) is 0 Å². The average Bonchev–Trinajstić information content (AvgIpc) is 3.38. The first-order valence-electron chi connectivity index (χ1n) is 10.2. The number of ketones is 1. The number of aromatic nitrogens is 4. The van der Waals surface area contributed by atoms with Crippen molar-refractivity contribution in [1.29, 1.82) is 0 Å². The van der Waals surface area contributed by atoms with Crippen LogP contribution < -0.4 is 10.6 Å². The molecule has 0 unspecified atom stereocenters.